The molecule has 1 aromatic heterocycles. The van der Waals surface area contributed by atoms with E-state index in [1.165, 1.54) is 22.9 Å². The number of hydrogen-bond donors (Lipinski definition) is 1. The van der Waals surface area contributed by atoms with Crippen LogP contribution in [0.4, 0.5) is 0 Å². The number of aliphatic hydroxyl groups excluding tert-OH is 1. The predicted octanol–water partition coefficient (Wildman–Crippen LogP) is 5.69. The smallest absolute Gasteiger partial charge is 0.349 e. The first-order chi connectivity index (χ1) is 15.0. The van der Waals surface area contributed by atoms with E-state index in [-0.39, 0.29) is 12.2 Å². The molecule has 1 aliphatic rings. The highest BCUT2D eigenvalue weighted by molar-refractivity contribution is 8.04. The second-order valence-corrected chi connectivity index (χ2v) is 9.10. The van der Waals surface area contributed by atoms with Gasteiger partial charge in [-0.05, 0) is 43.0 Å². The number of carbonyl (C=O) groups is 1. The van der Waals surface area contributed by atoms with Crippen LogP contribution in [0.25, 0.3) is 0 Å². The number of esters is 1. The number of benzene rings is 2. The van der Waals surface area contributed by atoms with Crippen molar-refractivity contribution in [1.82, 2.24) is 4.57 Å². The number of nitrogens with zero attached hydrogens (tertiary/aromatic N) is 1. The molecular formula is C26H27NO3S. The van der Waals surface area contributed by atoms with Crippen molar-refractivity contribution in [2.75, 3.05) is 5.75 Å². The minimum absolute atomic E-state index is 0.111. The molecule has 1 N–H and O–H groups in total. The van der Waals surface area contributed by atoms with Gasteiger partial charge in [0.2, 0.25) is 0 Å². The molecule has 4 rings (SSSR count). The number of hydrogen-bond acceptors (Lipinski definition) is 4. The Morgan fingerprint density at radius 2 is 1.71 bits per heavy atom. The van der Waals surface area contributed by atoms with Gasteiger partial charge in [-0.2, -0.15) is 0 Å². The Labute approximate surface area is 187 Å². The zero-order valence-electron chi connectivity index (χ0n) is 17.9. The van der Waals surface area contributed by atoms with E-state index in [2.05, 4.69) is 36.6 Å². The second-order valence-electron chi connectivity index (χ2n) is 8.00. The topological polar surface area (TPSA) is 51.5 Å². The highest BCUT2D eigenvalue weighted by Crippen LogP contribution is 2.42. The maximum absolute atomic E-state index is 13.0. The lowest BCUT2D eigenvalue weighted by molar-refractivity contribution is -0.161. The maximum atomic E-state index is 13.0. The Morgan fingerprint density at radius 1 is 1.03 bits per heavy atom. The van der Waals surface area contributed by atoms with Gasteiger partial charge >= 0.3 is 5.97 Å². The molecule has 0 bridgehead atoms. The van der Waals surface area contributed by atoms with Gasteiger partial charge in [-0.3, -0.25) is 0 Å². The van der Waals surface area contributed by atoms with E-state index in [4.69, 9.17) is 4.74 Å². The lowest BCUT2D eigenvalue weighted by Gasteiger charge is -2.38. The number of aromatic nitrogens is 1. The Kier molecular flexibility index (Phi) is 6.23. The van der Waals surface area contributed by atoms with Gasteiger partial charge in [0.25, 0.3) is 0 Å². The van der Waals surface area contributed by atoms with Crippen LogP contribution in [0.15, 0.2) is 83.6 Å². The first-order valence-corrected chi connectivity index (χ1v) is 11.5. The summed E-state index contributed by atoms with van der Waals surface area (Å²) in [5, 5.41) is 10.9. The highest BCUT2D eigenvalue weighted by Gasteiger charge is 2.44. The third-order valence-electron chi connectivity index (χ3n) is 5.90. The van der Waals surface area contributed by atoms with Crippen molar-refractivity contribution in [2.45, 2.75) is 38.8 Å². The molecule has 4 nitrogen and oxygen atoms in total. The molecule has 31 heavy (non-hydrogen) atoms. The van der Waals surface area contributed by atoms with Crippen molar-refractivity contribution in [1.29, 1.82) is 0 Å². The summed E-state index contributed by atoms with van der Waals surface area (Å²) in [6.07, 6.45) is 3.09. The number of carbonyl (C=O) groups excluding carboxylic acids is 1. The average Bonchev–Trinajstić information content (AvgIpc) is 3.09. The van der Waals surface area contributed by atoms with E-state index in [0.717, 1.165) is 17.7 Å². The first-order valence-electron chi connectivity index (χ1n) is 10.5. The highest BCUT2D eigenvalue weighted by atomic mass is 32.2. The largest absolute Gasteiger partial charge is 0.511 e. The molecule has 0 amide bonds. The molecule has 5 heteroatoms. The van der Waals surface area contributed by atoms with Gasteiger partial charge in [-0.15, -0.1) is 11.8 Å². The normalized spacial score (nSPS) is 18.8. The van der Waals surface area contributed by atoms with Crippen molar-refractivity contribution < 1.29 is 14.6 Å². The zero-order chi connectivity index (χ0) is 21.8. The second kappa shape index (κ2) is 9.06. The number of ether oxygens (including phenoxy) is 1. The van der Waals surface area contributed by atoms with Crippen LogP contribution >= 0.6 is 11.8 Å². The van der Waals surface area contributed by atoms with Gasteiger partial charge in [0.15, 0.2) is 5.60 Å². The fourth-order valence-electron chi connectivity index (χ4n) is 3.98. The number of aryl methyl sites for hydroxylation is 2. The van der Waals surface area contributed by atoms with Crippen LogP contribution < -0.4 is 0 Å². The van der Waals surface area contributed by atoms with Gasteiger partial charge in [0.05, 0.1) is 13.0 Å². The number of cyclic esters (lactones) is 1. The first kappa shape index (κ1) is 21.3. The van der Waals surface area contributed by atoms with Gasteiger partial charge in [0, 0.05) is 17.6 Å². The fraction of sp³-hybridized carbons (Fsp3) is 0.269. The van der Waals surface area contributed by atoms with Gasteiger partial charge < -0.3 is 14.4 Å². The summed E-state index contributed by atoms with van der Waals surface area (Å²) in [6, 6.07) is 21.9. The summed E-state index contributed by atoms with van der Waals surface area (Å²) < 4.78 is 8.21. The summed E-state index contributed by atoms with van der Waals surface area (Å²) in [5.74, 6) is 0.360. The van der Waals surface area contributed by atoms with Crippen molar-refractivity contribution in [3.8, 4) is 0 Å². The number of aliphatic hydroxyl groups is 1. The van der Waals surface area contributed by atoms with Gasteiger partial charge in [-0.1, -0.05) is 60.7 Å². The molecule has 3 aromatic rings. The summed E-state index contributed by atoms with van der Waals surface area (Å²) in [4.78, 5) is 13.4. The molecule has 0 fully saturated rings. The minimum atomic E-state index is -0.942. The molecule has 0 aliphatic carbocycles. The van der Waals surface area contributed by atoms with Crippen LogP contribution in [-0.2, 0) is 28.1 Å². The van der Waals surface area contributed by atoms with Crippen molar-refractivity contribution in [3.63, 3.8) is 0 Å². The van der Waals surface area contributed by atoms with Gasteiger partial charge in [0.1, 0.15) is 10.7 Å². The van der Waals surface area contributed by atoms with Crippen LogP contribution in [0, 0.1) is 13.8 Å². The predicted molar refractivity (Wildman–Crippen MR) is 125 cm³/mol. The molecule has 1 unspecified atom stereocenters. The third-order valence-corrected chi connectivity index (χ3v) is 7.00. The van der Waals surface area contributed by atoms with Crippen LogP contribution in [0.3, 0.4) is 0 Å². The van der Waals surface area contributed by atoms with Crippen molar-refractivity contribution in [2.24, 2.45) is 0 Å². The molecule has 0 spiro atoms. The molecule has 1 atom stereocenters. The Morgan fingerprint density at radius 3 is 2.32 bits per heavy atom. The summed E-state index contributed by atoms with van der Waals surface area (Å²) in [6.45, 7) is 4.57. The lowest BCUT2D eigenvalue weighted by Crippen LogP contribution is -2.41. The molecular weight excluding hydrogens is 406 g/mol. The average molecular weight is 434 g/mol. The summed E-state index contributed by atoms with van der Waals surface area (Å²) >= 11 is 1.37. The molecule has 2 aromatic carbocycles. The quantitative estimate of drug-likeness (QED) is 0.486. The monoisotopic (exact) mass is 433 g/mol. The Bertz CT molecular complexity index is 1090. The Hall–Kier alpha value is -2.92. The minimum Gasteiger partial charge on any atom is -0.511 e. The molecule has 0 saturated heterocycles. The number of rotatable bonds is 7. The Balaban J connectivity index is 1.59. The van der Waals surface area contributed by atoms with Crippen LogP contribution in [-0.4, -0.2) is 21.4 Å². The summed E-state index contributed by atoms with van der Waals surface area (Å²) in [7, 11) is 0. The molecule has 160 valence electrons. The summed E-state index contributed by atoms with van der Waals surface area (Å²) in [5.41, 5.74) is 3.45. The lowest BCUT2D eigenvalue weighted by atomic mass is 9.87. The van der Waals surface area contributed by atoms with Gasteiger partial charge in [-0.25, -0.2) is 4.79 Å². The van der Waals surface area contributed by atoms with E-state index >= 15 is 0 Å². The molecule has 0 radical (unpaired) electrons. The number of thioether (sulfide) groups is 1. The van der Waals surface area contributed by atoms with Crippen LogP contribution in [0.1, 0.15) is 28.8 Å². The van der Waals surface area contributed by atoms with Crippen molar-refractivity contribution in [3.05, 3.63) is 106 Å². The standard InChI is InChI=1S/C26H27NO3S/c1-19-13-15-27(20(19)2)18-26(22-11-7-4-8-12-22)17-23(28)24(25(29)30-26)31-16-14-21-9-5-3-6-10-21/h3-13,15,28H,14,16-18H2,1-2H3. The molecule has 2 heterocycles. The molecule has 0 saturated carbocycles. The van der Waals surface area contributed by atoms with E-state index < -0.39 is 11.6 Å². The van der Waals surface area contributed by atoms with Crippen LogP contribution in [0.2, 0.25) is 0 Å². The fourth-order valence-corrected chi connectivity index (χ4v) is 4.92. The van der Waals surface area contributed by atoms with Crippen molar-refractivity contribution >= 4 is 17.7 Å². The maximum Gasteiger partial charge on any atom is 0.349 e. The third kappa shape index (κ3) is 4.57. The van der Waals surface area contributed by atoms with E-state index in [1.54, 1.807) is 0 Å². The molecule has 1 aliphatic heterocycles. The SMILES string of the molecule is Cc1ccn(CC2(c3ccccc3)CC(O)=C(SCCc3ccccc3)C(=O)O2)c1C. The van der Waals surface area contributed by atoms with E-state index in [9.17, 15) is 9.90 Å². The van der Waals surface area contributed by atoms with Crippen LogP contribution in [0.5, 0.6) is 0 Å². The van der Waals surface area contributed by atoms with E-state index in [1.807, 2.05) is 54.7 Å². The zero-order valence-corrected chi connectivity index (χ0v) is 18.7. The van der Waals surface area contributed by atoms with E-state index in [0.29, 0.717) is 17.2 Å².